The van der Waals surface area contributed by atoms with E-state index < -0.39 is 49.5 Å². The lowest BCUT2D eigenvalue weighted by atomic mass is 9.99. The maximum absolute atomic E-state index is 13.0. The zero-order valence-corrected chi connectivity index (χ0v) is 39.3. The molecular formula is C54H89NO8. The van der Waals surface area contributed by atoms with Crippen molar-refractivity contribution in [3.63, 3.8) is 0 Å². The van der Waals surface area contributed by atoms with E-state index in [2.05, 4.69) is 116 Å². The molecule has 0 aromatic carbocycles. The topological polar surface area (TPSA) is 149 Å². The Kier molecular flexibility index (Phi) is 39.3. The first-order valence-corrected chi connectivity index (χ1v) is 24.6. The maximum Gasteiger partial charge on any atom is 0.220 e. The maximum atomic E-state index is 13.0. The Morgan fingerprint density at radius 2 is 0.984 bits per heavy atom. The van der Waals surface area contributed by atoms with Gasteiger partial charge in [-0.25, -0.2) is 0 Å². The monoisotopic (exact) mass is 880 g/mol. The van der Waals surface area contributed by atoms with Gasteiger partial charge in [-0.05, 0) is 83.5 Å². The van der Waals surface area contributed by atoms with Crippen molar-refractivity contribution >= 4 is 5.91 Å². The van der Waals surface area contributed by atoms with Gasteiger partial charge >= 0.3 is 0 Å². The number of allylic oxidation sites excluding steroid dienone is 17. The summed E-state index contributed by atoms with van der Waals surface area (Å²) in [5.41, 5.74) is 0. The smallest absolute Gasteiger partial charge is 0.220 e. The van der Waals surface area contributed by atoms with Crippen LogP contribution in [0.3, 0.4) is 0 Å². The highest BCUT2D eigenvalue weighted by atomic mass is 16.7. The van der Waals surface area contributed by atoms with E-state index >= 15 is 0 Å². The third-order valence-corrected chi connectivity index (χ3v) is 10.9. The van der Waals surface area contributed by atoms with Crippen LogP contribution in [-0.2, 0) is 14.3 Å². The molecule has 1 fully saturated rings. The minimum Gasteiger partial charge on any atom is -0.394 e. The van der Waals surface area contributed by atoms with Gasteiger partial charge in [-0.15, -0.1) is 0 Å². The molecule has 1 rings (SSSR count). The van der Waals surface area contributed by atoms with Crippen LogP contribution in [0.1, 0.15) is 168 Å². The quantitative estimate of drug-likeness (QED) is 0.0264. The van der Waals surface area contributed by atoms with Crippen molar-refractivity contribution in [3.05, 3.63) is 109 Å². The van der Waals surface area contributed by atoms with Crippen molar-refractivity contribution in [1.82, 2.24) is 5.32 Å². The minimum absolute atomic E-state index is 0.214. The van der Waals surface area contributed by atoms with Gasteiger partial charge in [0.15, 0.2) is 6.29 Å². The molecule has 9 heteroatoms. The summed E-state index contributed by atoms with van der Waals surface area (Å²) in [6.07, 6.45) is 55.6. The molecular weight excluding hydrogens is 791 g/mol. The molecule has 0 aromatic rings. The second-order valence-corrected chi connectivity index (χ2v) is 16.5. The summed E-state index contributed by atoms with van der Waals surface area (Å²) in [5, 5.41) is 54.2. The molecule has 9 nitrogen and oxygen atoms in total. The van der Waals surface area contributed by atoms with E-state index in [9.17, 15) is 30.3 Å². The van der Waals surface area contributed by atoms with Crippen molar-refractivity contribution in [1.29, 1.82) is 0 Å². The Labute approximate surface area is 383 Å². The van der Waals surface area contributed by atoms with Crippen molar-refractivity contribution in [2.24, 2.45) is 0 Å². The Morgan fingerprint density at radius 3 is 1.46 bits per heavy atom. The molecule has 0 saturated carbocycles. The van der Waals surface area contributed by atoms with Gasteiger partial charge in [-0.3, -0.25) is 4.79 Å². The summed E-state index contributed by atoms with van der Waals surface area (Å²) in [5.74, 6) is -0.225. The zero-order valence-electron chi connectivity index (χ0n) is 39.3. The predicted octanol–water partition coefficient (Wildman–Crippen LogP) is 11.1. The van der Waals surface area contributed by atoms with E-state index in [4.69, 9.17) is 9.47 Å². The molecule has 63 heavy (non-hydrogen) atoms. The van der Waals surface area contributed by atoms with Gasteiger partial charge in [0.25, 0.3) is 0 Å². The fourth-order valence-electron chi connectivity index (χ4n) is 6.93. The highest BCUT2D eigenvalue weighted by molar-refractivity contribution is 5.76. The van der Waals surface area contributed by atoms with Crippen LogP contribution in [0.5, 0.6) is 0 Å². The highest BCUT2D eigenvalue weighted by Gasteiger charge is 2.44. The largest absolute Gasteiger partial charge is 0.394 e. The fourth-order valence-corrected chi connectivity index (χ4v) is 6.93. The molecule has 0 radical (unpaired) electrons. The molecule has 1 aliphatic heterocycles. The minimum atomic E-state index is -1.58. The van der Waals surface area contributed by atoms with Crippen molar-refractivity contribution in [3.8, 4) is 0 Å². The normalized spacial score (nSPS) is 21.2. The third kappa shape index (κ3) is 33.1. The van der Waals surface area contributed by atoms with Gasteiger partial charge < -0.3 is 40.3 Å². The highest BCUT2D eigenvalue weighted by Crippen LogP contribution is 2.22. The first-order chi connectivity index (χ1) is 30.8. The lowest BCUT2D eigenvalue weighted by molar-refractivity contribution is -0.302. The summed E-state index contributed by atoms with van der Waals surface area (Å²) < 4.78 is 11.2. The average Bonchev–Trinajstić information content (AvgIpc) is 3.28. The summed E-state index contributed by atoms with van der Waals surface area (Å²) in [4.78, 5) is 13.0. The van der Waals surface area contributed by atoms with Gasteiger partial charge in [-0.2, -0.15) is 0 Å². The van der Waals surface area contributed by atoms with Gasteiger partial charge in [-0.1, -0.05) is 187 Å². The van der Waals surface area contributed by atoms with Crippen LogP contribution in [-0.4, -0.2) is 87.5 Å². The number of ether oxygens (including phenoxy) is 2. The summed E-state index contributed by atoms with van der Waals surface area (Å²) in [6, 6.07) is -0.835. The Morgan fingerprint density at radius 1 is 0.556 bits per heavy atom. The van der Waals surface area contributed by atoms with Gasteiger partial charge in [0.05, 0.1) is 25.4 Å². The lowest BCUT2D eigenvalue weighted by Crippen LogP contribution is -2.60. The molecule has 6 N–H and O–H groups in total. The number of unbranched alkanes of at least 4 members (excludes halogenated alkanes) is 13. The number of nitrogens with one attached hydrogen (secondary N) is 1. The van der Waals surface area contributed by atoms with Crippen LogP contribution in [0.15, 0.2) is 109 Å². The summed E-state index contributed by atoms with van der Waals surface area (Å²) in [6.45, 7) is 3.60. The average molecular weight is 880 g/mol. The molecule has 1 saturated heterocycles. The molecule has 0 aliphatic carbocycles. The third-order valence-electron chi connectivity index (χ3n) is 10.9. The summed E-state index contributed by atoms with van der Waals surface area (Å²) >= 11 is 0. The van der Waals surface area contributed by atoms with Crippen molar-refractivity contribution < 1.29 is 39.8 Å². The molecule has 1 heterocycles. The molecule has 358 valence electrons. The van der Waals surface area contributed by atoms with Crippen molar-refractivity contribution in [2.45, 2.75) is 211 Å². The van der Waals surface area contributed by atoms with Gasteiger partial charge in [0.1, 0.15) is 24.4 Å². The Balaban J connectivity index is 2.35. The molecule has 0 aromatic heterocycles. The first-order valence-electron chi connectivity index (χ1n) is 24.6. The van der Waals surface area contributed by atoms with E-state index in [-0.39, 0.29) is 18.9 Å². The lowest BCUT2D eigenvalue weighted by Gasteiger charge is -2.40. The van der Waals surface area contributed by atoms with E-state index in [0.29, 0.717) is 6.42 Å². The van der Waals surface area contributed by atoms with Crippen LogP contribution in [0, 0.1) is 0 Å². The molecule has 7 unspecified atom stereocenters. The second-order valence-electron chi connectivity index (χ2n) is 16.5. The van der Waals surface area contributed by atoms with Crippen LogP contribution in [0.2, 0.25) is 0 Å². The molecule has 7 atom stereocenters. The van der Waals surface area contributed by atoms with Crippen LogP contribution < -0.4 is 5.32 Å². The van der Waals surface area contributed by atoms with E-state index in [0.717, 1.165) is 83.5 Å². The fraction of sp³-hybridized carbons (Fsp3) is 0.648. The molecule has 1 amide bonds. The Hall–Kier alpha value is -3.15. The predicted molar refractivity (Wildman–Crippen MR) is 262 cm³/mol. The second kappa shape index (κ2) is 42.8. The van der Waals surface area contributed by atoms with Gasteiger partial charge in [0, 0.05) is 6.42 Å². The molecule has 0 spiro atoms. The number of aliphatic hydroxyl groups is 5. The van der Waals surface area contributed by atoms with E-state index in [1.54, 1.807) is 6.08 Å². The van der Waals surface area contributed by atoms with Gasteiger partial charge in [0.2, 0.25) is 5.91 Å². The van der Waals surface area contributed by atoms with Crippen LogP contribution in [0.25, 0.3) is 0 Å². The number of hydrogen-bond donors (Lipinski definition) is 6. The first kappa shape index (κ1) is 57.9. The number of carbonyl (C=O) groups is 1. The van der Waals surface area contributed by atoms with Crippen LogP contribution >= 0.6 is 0 Å². The molecule has 0 bridgehead atoms. The van der Waals surface area contributed by atoms with Crippen LogP contribution in [0.4, 0.5) is 0 Å². The Bertz CT molecular complexity index is 1340. The number of hydrogen-bond acceptors (Lipinski definition) is 8. The number of amides is 1. The van der Waals surface area contributed by atoms with E-state index in [1.807, 2.05) is 6.08 Å². The molecule has 1 aliphatic rings. The summed E-state index contributed by atoms with van der Waals surface area (Å²) in [7, 11) is 0. The standard InChI is InChI=1S/C54H89NO8/c1-3-5-7-9-11-13-15-17-18-19-20-21-22-23-24-25-26-27-28-29-30-32-34-36-38-40-42-44-50(58)55-47(46-62-54-53(61)52(60)51(59)49(45-56)63-54)48(57)43-41-39-37-35-33-31-16-14-12-10-8-6-4-2/h5,7,11,13,17-18,20-21,23-24,26-27,29-30,34,36,41,43,47-49,51-54,56-57,59-61H,3-4,6,8-10,12,14-16,19,22,25,28,31-33,35,37-40,42,44-46H2,1-2H3,(H,55,58)/b7-5-,13-11-,18-17-,21-20-,24-23-,27-26-,30-29-,36-34-,43-41+. The number of rotatable bonds is 39. The SMILES string of the molecule is CC/C=C\C/C=C\C/C=C\C/C=C\C/C=C\C/C=C\C/C=C\C/C=C\CCCCC(=O)NC(COC1OC(CO)C(O)C(O)C1O)C(O)/C=C/CCCCCCCCCCCCC. The van der Waals surface area contributed by atoms with E-state index in [1.165, 1.54) is 57.8 Å². The number of carbonyl (C=O) groups excluding carboxylic acids is 1. The van der Waals surface area contributed by atoms with Crippen molar-refractivity contribution in [2.75, 3.05) is 13.2 Å². The number of aliphatic hydroxyl groups excluding tert-OH is 5. The zero-order chi connectivity index (χ0) is 45.9.